The summed E-state index contributed by atoms with van der Waals surface area (Å²) >= 11 is 0. The average molecular weight is 547 g/mol. The van der Waals surface area contributed by atoms with E-state index in [4.69, 9.17) is 9.98 Å². The molecule has 0 aromatic heterocycles. The molecule has 0 saturated carbocycles. The molecule has 2 aromatic carbocycles. The van der Waals surface area contributed by atoms with Crippen molar-refractivity contribution in [2.45, 2.75) is 131 Å². The number of hydrogen-bond acceptors (Lipinski definition) is 2. The third kappa shape index (κ3) is 12.6. The molecule has 3 heteroatoms. The Hall–Kier alpha value is -1.73. The first-order valence-electron chi connectivity index (χ1n) is 15.0. The van der Waals surface area contributed by atoms with Crippen LogP contribution in [0.2, 0.25) is 0 Å². The van der Waals surface area contributed by atoms with Gasteiger partial charge in [0.1, 0.15) is 0 Å². The van der Waals surface area contributed by atoms with Gasteiger partial charge in [-0.25, -0.2) is 0 Å². The summed E-state index contributed by atoms with van der Waals surface area (Å²) in [6, 6.07) is 13.7. The molecule has 2 nitrogen and oxygen atoms in total. The maximum atomic E-state index is 5.10. The van der Waals surface area contributed by atoms with Crippen LogP contribution in [0.1, 0.15) is 128 Å². The summed E-state index contributed by atoms with van der Waals surface area (Å²) in [5.74, 6) is 0. The predicted octanol–water partition coefficient (Wildman–Crippen LogP) is 10.7. The van der Waals surface area contributed by atoms with Crippen LogP contribution in [-0.4, -0.2) is 11.9 Å². The summed E-state index contributed by atoms with van der Waals surface area (Å²) < 4.78 is 0. The Balaban J connectivity index is 0.00000684. The molecule has 0 atom stereocenters. The molecule has 2 aromatic rings. The van der Waals surface area contributed by atoms with Crippen molar-refractivity contribution in [2.75, 3.05) is 0 Å². The average Bonchev–Trinajstić information content (AvgIpc) is 2.90. The van der Waals surface area contributed by atoms with E-state index in [0.717, 1.165) is 49.2 Å². The fourth-order valence-electron chi connectivity index (χ4n) is 4.62. The molecule has 0 fully saturated rings. The van der Waals surface area contributed by atoms with Crippen LogP contribution in [-0.2, 0) is 42.2 Å². The van der Waals surface area contributed by atoms with Gasteiger partial charge in [-0.15, -0.1) is 0 Å². The normalized spacial score (nSPS) is 11.8. The minimum Gasteiger partial charge on any atom is -0.255 e. The molecule has 208 valence electrons. The summed E-state index contributed by atoms with van der Waals surface area (Å²) in [6.45, 7) is 11.3. The second kappa shape index (κ2) is 20.3. The van der Waals surface area contributed by atoms with Crippen molar-refractivity contribution in [3.05, 3.63) is 58.7 Å². The zero-order chi connectivity index (χ0) is 26.0. The van der Waals surface area contributed by atoms with E-state index in [1.807, 2.05) is 6.21 Å². The fraction of sp³-hybridized carbons (Fsp3) is 0.588. The molecule has 0 radical (unpaired) electrons. The Kier molecular flexibility index (Phi) is 18.2. The number of benzene rings is 2. The minimum atomic E-state index is 0. The first-order chi connectivity index (χ1) is 17.6. The van der Waals surface area contributed by atoms with Crippen molar-refractivity contribution in [3.63, 3.8) is 0 Å². The molecule has 0 unspecified atom stereocenters. The Morgan fingerprint density at radius 1 is 0.568 bits per heavy atom. The van der Waals surface area contributed by atoms with Crippen LogP contribution < -0.4 is 0 Å². The molecule has 0 heterocycles. The molecule has 0 aliphatic heterocycles. The standard InChI is InChI=1S/C34H52N2.Ni/c1-6-11-16-28-21-23-32(25-30(28)18-13-8-3)35-27-34(20-15-10-5)36-33-24-22-29(17-12-7-2)31(26-33)19-14-9-4;/h21-27H,6-20H2,1-5H3;. The Bertz CT molecular complexity index is 945. The maximum absolute atomic E-state index is 5.10. The molecular formula is C34H52N2Ni. The molecule has 0 aliphatic carbocycles. The van der Waals surface area contributed by atoms with Gasteiger partial charge in [-0.2, -0.15) is 0 Å². The second-order valence-corrected chi connectivity index (χ2v) is 10.3. The molecule has 0 aliphatic rings. The second-order valence-electron chi connectivity index (χ2n) is 10.3. The van der Waals surface area contributed by atoms with Crippen LogP contribution in [0.4, 0.5) is 11.4 Å². The van der Waals surface area contributed by atoms with E-state index in [0.29, 0.717) is 0 Å². The molecule has 0 saturated heterocycles. The Morgan fingerprint density at radius 3 is 1.49 bits per heavy atom. The minimum absolute atomic E-state index is 0. The topological polar surface area (TPSA) is 24.7 Å². The zero-order valence-electron chi connectivity index (χ0n) is 24.4. The Labute approximate surface area is 238 Å². The summed E-state index contributed by atoms with van der Waals surface area (Å²) in [5, 5.41) is 0. The van der Waals surface area contributed by atoms with Gasteiger partial charge in [0.15, 0.2) is 0 Å². The van der Waals surface area contributed by atoms with Gasteiger partial charge in [-0.3, -0.25) is 9.98 Å². The molecule has 0 amide bonds. The molecule has 0 spiro atoms. The molecule has 0 N–H and O–H groups in total. The van der Waals surface area contributed by atoms with Gasteiger partial charge in [-0.05, 0) is 111 Å². The van der Waals surface area contributed by atoms with Crippen molar-refractivity contribution >= 4 is 23.3 Å². The van der Waals surface area contributed by atoms with Gasteiger partial charge in [0, 0.05) is 22.7 Å². The van der Waals surface area contributed by atoms with Crippen molar-refractivity contribution in [2.24, 2.45) is 9.98 Å². The number of rotatable bonds is 18. The van der Waals surface area contributed by atoms with Crippen molar-refractivity contribution in [1.82, 2.24) is 0 Å². The molecular weight excluding hydrogens is 495 g/mol. The predicted molar refractivity (Wildman–Crippen MR) is 162 cm³/mol. The number of unbranched alkanes of at least 4 members (excludes halogenated alkanes) is 5. The van der Waals surface area contributed by atoms with Gasteiger partial charge in [0.25, 0.3) is 0 Å². The first-order valence-corrected chi connectivity index (χ1v) is 15.0. The van der Waals surface area contributed by atoms with Crippen LogP contribution in [0.5, 0.6) is 0 Å². The summed E-state index contributed by atoms with van der Waals surface area (Å²) in [4.78, 5) is 10.0. The summed E-state index contributed by atoms with van der Waals surface area (Å²) in [5.41, 5.74) is 9.21. The van der Waals surface area contributed by atoms with Crippen LogP contribution in [0.25, 0.3) is 0 Å². The largest absolute Gasteiger partial charge is 0.255 e. The number of hydrogen-bond donors (Lipinski definition) is 0. The van der Waals surface area contributed by atoms with E-state index in [2.05, 4.69) is 71.0 Å². The van der Waals surface area contributed by atoms with Crippen LogP contribution >= 0.6 is 0 Å². The third-order valence-corrected chi connectivity index (χ3v) is 7.00. The van der Waals surface area contributed by atoms with E-state index in [9.17, 15) is 0 Å². The van der Waals surface area contributed by atoms with Gasteiger partial charge in [0.05, 0.1) is 17.1 Å². The van der Waals surface area contributed by atoms with Crippen LogP contribution in [0, 0.1) is 0 Å². The SMILES string of the molecule is CCCCC(C=Nc1ccc(CCCC)c(CCCC)c1)=Nc1ccc(CCCC)c(CCCC)c1.[Ni]. The van der Waals surface area contributed by atoms with E-state index in [-0.39, 0.29) is 16.5 Å². The zero-order valence-corrected chi connectivity index (χ0v) is 25.3. The van der Waals surface area contributed by atoms with Crippen LogP contribution in [0.15, 0.2) is 46.4 Å². The molecule has 37 heavy (non-hydrogen) atoms. The smallest absolute Gasteiger partial charge is 0.0636 e. The van der Waals surface area contributed by atoms with E-state index >= 15 is 0 Å². The third-order valence-electron chi connectivity index (χ3n) is 7.00. The van der Waals surface area contributed by atoms with E-state index in [1.165, 1.54) is 86.5 Å². The van der Waals surface area contributed by atoms with Crippen molar-refractivity contribution in [3.8, 4) is 0 Å². The Morgan fingerprint density at radius 2 is 1.00 bits per heavy atom. The van der Waals surface area contributed by atoms with Gasteiger partial charge in [0.2, 0.25) is 0 Å². The van der Waals surface area contributed by atoms with Crippen molar-refractivity contribution in [1.29, 1.82) is 0 Å². The van der Waals surface area contributed by atoms with Crippen LogP contribution in [0.3, 0.4) is 0 Å². The van der Waals surface area contributed by atoms with E-state index in [1.54, 1.807) is 0 Å². The molecule has 2 rings (SSSR count). The fourth-order valence-corrected chi connectivity index (χ4v) is 4.62. The number of nitrogens with zero attached hydrogens (tertiary/aromatic N) is 2. The first kappa shape index (κ1) is 33.3. The number of aliphatic imine (C=N–C) groups is 2. The monoisotopic (exact) mass is 546 g/mol. The number of aryl methyl sites for hydroxylation is 4. The van der Waals surface area contributed by atoms with Gasteiger partial charge >= 0.3 is 0 Å². The van der Waals surface area contributed by atoms with Gasteiger partial charge < -0.3 is 0 Å². The van der Waals surface area contributed by atoms with Gasteiger partial charge in [-0.1, -0.05) is 78.9 Å². The summed E-state index contributed by atoms with van der Waals surface area (Å²) in [7, 11) is 0. The maximum Gasteiger partial charge on any atom is 0.0636 e. The summed E-state index contributed by atoms with van der Waals surface area (Å²) in [6.07, 6.45) is 19.9. The van der Waals surface area contributed by atoms with Crippen molar-refractivity contribution < 1.29 is 16.5 Å². The molecule has 0 bridgehead atoms. The quantitative estimate of drug-likeness (QED) is 0.131. The van der Waals surface area contributed by atoms with E-state index < -0.39 is 0 Å².